The van der Waals surface area contributed by atoms with Gasteiger partial charge in [-0.3, -0.25) is 0 Å². The van der Waals surface area contributed by atoms with Crippen LogP contribution in [0.1, 0.15) is 17.4 Å². The van der Waals surface area contributed by atoms with Gasteiger partial charge in [0.05, 0.1) is 41.9 Å². The lowest BCUT2D eigenvalue weighted by Gasteiger charge is -2.29. The van der Waals surface area contributed by atoms with Crippen LogP contribution in [0.25, 0.3) is 33.1 Å². The van der Waals surface area contributed by atoms with Gasteiger partial charge in [0.2, 0.25) is 0 Å². The molecule has 1 unspecified atom stereocenters. The summed E-state index contributed by atoms with van der Waals surface area (Å²) in [5.74, 6) is 0. The molecule has 1 aliphatic heterocycles. The summed E-state index contributed by atoms with van der Waals surface area (Å²) in [4.78, 5) is 11.3. The third kappa shape index (κ3) is 3.66. The number of ether oxygens (including phenoxy) is 1. The number of benzene rings is 2. The van der Waals surface area contributed by atoms with Gasteiger partial charge < -0.3 is 19.2 Å². The quantitative estimate of drug-likeness (QED) is 0.410. The van der Waals surface area contributed by atoms with E-state index < -0.39 is 6.10 Å². The van der Waals surface area contributed by atoms with E-state index in [0.717, 1.165) is 35.1 Å². The molecule has 34 heavy (non-hydrogen) atoms. The molecule has 3 aromatic heterocycles. The molecule has 1 aliphatic rings. The molecule has 0 saturated carbocycles. The second kappa shape index (κ2) is 8.64. The summed E-state index contributed by atoms with van der Waals surface area (Å²) in [6.07, 6.45) is 3.64. The molecule has 4 heterocycles. The van der Waals surface area contributed by atoms with Crippen LogP contribution in [0.4, 0.5) is 5.69 Å². The van der Waals surface area contributed by atoms with E-state index in [1.165, 1.54) is 6.33 Å². The van der Waals surface area contributed by atoms with Crippen LogP contribution in [-0.2, 0) is 4.74 Å². The maximum Gasteiger partial charge on any atom is 0.161 e. The van der Waals surface area contributed by atoms with Gasteiger partial charge in [0.25, 0.3) is 0 Å². The van der Waals surface area contributed by atoms with Gasteiger partial charge in [0.1, 0.15) is 18.1 Å². The summed E-state index contributed by atoms with van der Waals surface area (Å²) in [5.41, 5.74) is 4.77. The normalized spacial score (nSPS) is 15.2. The Morgan fingerprint density at radius 1 is 1.03 bits per heavy atom. The summed E-state index contributed by atoms with van der Waals surface area (Å²) in [5, 5.41) is 21.4. The highest BCUT2D eigenvalue weighted by Crippen LogP contribution is 2.36. The van der Waals surface area contributed by atoms with Gasteiger partial charge in [0.15, 0.2) is 5.58 Å². The maximum atomic E-state index is 11.1. The van der Waals surface area contributed by atoms with Crippen LogP contribution >= 0.6 is 11.6 Å². The van der Waals surface area contributed by atoms with E-state index >= 15 is 0 Å². The number of aliphatic hydroxyl groups is 1. The highest BCUT2D eigenvalue weighted by atomic mass is 35.5. The maximum absolute atomic E-state index is 11.1. The van der Waals surface area contributed by atoms with Crippen molar-refractivity contribution in [2.75, 3.05) is 31.2 Å². The number of hydrogen-bond acceptors (Lipinski definition) is 8. The van der Waals surface area contributed by atoms with E-state index in [2.05, 4.69) is 37.2 Å². The van der Waals surface area contributed by atoms with Crippen molar-refractivity contribution in [3.05, 3.63) is 77.5 Å². The zero-order valence-corrected chi connectivity index (χ0v) is 18.8. The Morgan fingerprint density at radius 3 is 2.79 bits per heavy atom. The first-order valence-corrected chi connectivity index (χ1v) is 11.3. The van der Waals surface area contributed by atoms with E-state index in [1.807, 2.05) is 12.1 Å². The summed E-state index contributed by atoms with van der Waals surface area (Å²) in [6.45, 7) is 3.13. The smallest absolute Gasteiger partial charge is 0.161 e. The van der Waals surface area contributed by atoms with Crippen LogP contribution in [-0.4, -0.2) is 51.6 Å². The molecule has 1 atom stereocenters. The molecule has 0 amide bonds. The van der Waals surface area contributed by atoms with Gasteiger partial charge in [-0.2, -0.15) is 5.10 Å². The van der Waals surface area contributed by atoms with Crippen LogP contribution in [0.2, 0.25) is 5.02 Å². The Balaban J connectivity index is 1.42. The van der Waals surface area contributed by atoms with Crippen molar-refractivity contribution < 1.29 is 14.3 Å². The molecule has 1 fully saturated rings. The lowest BCUT2D eigenvalue weighted by Crippen LogP contribution is -2.36. The minimum absolute atomic E-state index is 0.346. The van der Waals surface area contributed by atoms with Gasteiger partial charge in [-0.1, -0.05) is 17.7 Å². The Morgan fingerprint density at radius 2 is 1.91 bits per heavy atom. The average molecular weight is 474 g/mol. The van der Waals surface area contributed by atoms with Gasteiger partial charge in [-0.05, 0) is 42.0 Å². The standard InChI is InChI=1S/C25H20ClN5O3/c26-20-4-1-15(24(32)23-25-16(5-8-34-25)13-29-30-23)11-19(20)22-18-3-2-17(12-21(18)27-14-28-22)31-6-9-33-10-7-31/h1-5,8,11-14,24,32H,6-7,9-10H2. The van der Waals surface area contributed by atoms with E-state index in [1.54, 1.807) is 30.7 Å². The van der Waals surface area contributed by atoms with E-state index in [9.17, 15) is 5.11 Å². The topological polar surface area (TPSA) is 97.4 Å². The van der Waals surface area contributed by atoms with Crippen molar-refractivity contribution in [1.29, 1.82) is 0 Å². The van der Waals surface area contributed by atoms with Crippen LogP contribution in [0.3, 0.4) is 0 Å². The molecule has 9 heteroatoms. The zero-order chi connectivity index (χ0) is 23.1. The largest absolute Gasteiger partial charge is 0.462 e. The monoisotopic (exact) mass is 473 g/mol. The predicted octanol–water partition coefficient (Wildman–Crippen LogP) is 4.40. The second-order valence-electron chi connectivity index (χ2n) is 8.10. The first-order chi connectivity index (χ1) is 16.7. The fraction of sp³-hybridized carbons (Fsp3) is 0.200. The number of rotatable bonds is 4. The molecular weight excluding hydrogens is 454 g/mol. The van der Waals surface area contributed by atoms with Crippen LogP contribution in [0, 0.1) is 0 Å². The highest BCUT2D eigenvalue weighted by Gasteiger charge is 2.21. The van der Waals surface area contributed by atoms with Crippen molar-refractivity contribution >= 4 is 39.2 Å². The van der Waals surface area contributed by atoms with Crippen molar-refractivity contribution in [2.45, 2.75) is 6.10 Å². The molecular formula is C25H20ClN5O3. The van der Waals surface area contributed by atoms with Crippen molar-refractivity contribution in [1.82, 2.24) is 20.2 Å². The van der Waals surface area contributed by atoms with Crippen LogP contribution in [0.15, 0.2) is 65.7 Å². The van der Waals surface area contributed by atoms with E-state index in [4.69, 9.17) is 20.8 Å². The average Bonchev–Trinajstić information content (AvgIpc) is 3.38. The number of anilines is 1. The number of aliphatic hydroxyl groups excluding tert-OH is 1. The molecule has 6 rings (SSSR count). The fourth-order valence-electron chi connectivity index (χ4n) is 4.34. The van der Waals surface area contributed by atoms with E-state index in [-0.39, 0.29) is 0 Å². The SMILES string of the molecule is OC(c1ccc(Cl)c(-c2ncnc3cc(N4CCOCC4)ccc23)c1)c1nncc2ccoc12. The number of aromatic nitrogens is 4. The molecule has 170 valence electrons. The Kier molecular flexibility index (Phi) is 5.33. The highest BCUT2D eigenvalue weighted by molar-refractivity contribution is 6.33. The van der Waals surface area contributed by atoms with E-state index in [0.29, 0.717) is 46.3 Å². The van der Waals surface area contributed by atoms with Crippen molar-refractivity contribution in [3.8, 4) is 11.3 Å². The summed E-state index contributed by atoms with van der Waals surface area (Å²) >= 11 is 6.60. The second-order valence-corrected chi connectivity index (χ2v) is 8.51. The van der Waals surface area contributed by atoms with Crippen LogP contribution in [0.5, 0.6) is 0 Å². The van der Waals surface area contributed by atoms with Crippen molar-refractivity contribution in [2.24, 2.45) is 0 Å². The minimum atomic E-state index is -1.04. The number of halogens is 1. The first kappa shape index (κ1) is 21.0. The number of nitrogens with zero attached hydrogens (tertiary/aromatic N) is 5. The summed E-state index contributed by atoms with van der Waals surface area (Å²) in [7, 11) is 0. The third-order valence-electron chi connectivity index (χ3n) is 6.11. The molecule has 0 aliphatic carbocycles. The fourth-order valence-corrected chi connectivity index (χ4v) is 4.54. The molecule has 0 bridgehead atoms. The first-order valence-electron chi connectivity index (χ1n) is 10.9. The lowest BCUT2D eigenvalue weighted by atomic mass is 9.99. The number of furan rings is 1. The molecule has 0 radical (unpaired) electrons. The van der Waals surface area contributed by atoms with Gasteiger partial charge >= 0.3 is 0 Å². The number of hydrogen-bond donors (Lipinski definition) is 1. The predicted molar refractivity (Wildman–Crippen MR) is 129 cm³/mol. The minimum Gasteiger partial charge on any atom is -0.462 e. The third-order valence-corrected chi connectivity index (χ3v) is 6.44. The van der Waals surface area contributed by atoms with Gasteiger partial charge in [-0.25, -0.2) is 9.97 Å². The summed E-state index contributed by atoms with van der Waals surface area (Å²) < 4.78 is 11.0. The molecule has 0 spiro atoms. The Hall–Kier alpha value is -3.59. The molecule has 2 aromatic carbocycles. The molecule has 1 N–H and O–H groups in total. The molecule has 8 nitrogen and oxygen atoms in total. The van der Waals surface area contributed by atoms with Crippen LogP contribution < -0.4 is 4.90 Å². The molecule has 1 saturated heterocycles. The lowest BCUT2D eigenvalue weighted by molar-refractivity contribution is 0.122. The zero-order valence-electron chi connectivity index (χ0n) is 18.1. The molecule has 5 aromatic rings. The van der Waals surface area contributed by atoms with Crippen molar-refractivity contribution in [3.63, 3.8) is 0 Å². The van der Waals surface area contributed by atoms with Gasteiger partial charge in [0, 0.05) is 35.1 Å². The van der Waals surface area contributed by atoms with Gasteiger partial charge in [-0.15, -0.1) is 5.10 Å². The Labute approximate surface area is 199 Å². The number of fused-ring (bicyclic) bond motifs is 2. The number of morpholine rings is 1. The Bertz CT molecular complexity index is 1500. The summed E-state index contributed by atoms with van der Waals surface area (Å²) in [6, 6.07) is 13.3.